The van der Waals surface area contributed by atoms with Gasteiger partial charge >= 0.3 is 0 Å². The minimum atomic E-state index is -0.424. The summed E-state index contributed by atoms with van der Waals surface area (Å²) in [5, 5.41) is 0. The van der Waals surface area contributed by atoms with Crippen molar-refractivity contribution in [1.29, 1.82) is 0 Å². The van der Waals surface area contributed by atoms with Gasteiger partial charge in [0.2, 0.25) is 0 Å². The van der Waals surface area contributed by atoms with E-state index in [1.807, 2.05) is 0 Å². The highest BCUT2D eigenvalue weighted by Crippen LogP contribution is 2.50. The molecule has 15 heavy (non-hydrogen) atoms. The smallest absolute Gasteiger partial charge is 0.185 e. The Bertz CT molecular complexity index is 301. The van der Waals surface area contributed by atoms with Gasteiger partial charge in [-0.05, 0) is 19.3 Å². The maximum atomic E-state index is 5.84. The van der Waals surface area contributed by atoms with Crippen LogP contribution in [0.1, 0.15) is 34.1 Å². The highest BCUT2D eigenvalue weighted by Gasteiger charge is 2.51. The van der Waals surface area contributed by atoms with Crippen LogP contribution in [0.3, 0.4) is 0 Å². The molecular formula is C12H19BrO2. The van der Waals surface area contributed by atoms with E-state index in [4.69, 9.17) is 9.47 Å². The first kappa shape index (κ1) is 11.6. The van der Waals surface area contributed by atoms with Crippen LogP contribution < -0.4 is 0 Å². The molecule has 1 aliphatic carbocycles. The molecule has 0 radical (unpaired) electrons. The average molecular weight is 275 g/mol. The SMILES string of the molecule is CC1=C(C)C(C)(C)CC2(OCCO2)C1Br. The third-order valence-corrected chi connectivity index (χ3v) is 5.22. The van der Waals surface area contributed by atoms with Crippen molar-refractivity contribution in [3.05, 3.63) is 11.1 Å². The highest BCUT2D eigenvalue weighted by atomic mass is 79.9. The third-order valence-electron chi connectivity index (χ3n) is 3.84. The van der Waals surface area contributed by atoms with E-state index in [9.17, 15) is 0 Å². The second kappa shape index (κ2) is 3.57. The largest absolute Gasteiger partial charge is 0.346 e. The molecule has 1 heterocycles. The summed E-state index contributed by atoms with van der Waals surface area (Å²) in [6.45, 7) is 10.3. The molecule has 0 saturated carbocycles. The molecule has 0 bridgehead atoms. The quantitative estimate of drug-likeness (QED) is 0.499. The van der Waals surface area contributed by atoms with Gasteiger partial charge in [0.15, 0.2) is 5.79 Å². The predicted octanol–water partition coefficient (Wildman–Crippen LogP) is 3.26. The molecule has 1 atom stereocenters. The number of hydrogen-bond acceptors (Lipinski definition) is 2. The maximum Gasteiger partial charge on any atom is 0.185 e. The van der Waals surface area contributed by atoms with Crippen LogP contribution in [0, 0.1) is 5.41 Å². The molecule has 2 nitrogen and oxygen atoms in total. The van der Waals surface area contributed by atoms with Gasteiger partial charge in [-0.25, -0.2) is 0 Å². The van der Waals surface area contributed by atoms with Crippen LogP contribution in [0.5, 0.6) is 0 Å². The van der Waals surface area contributed by atoms with Crippen LogP contribution >= 0.6 is 15.9 Å². The summed E-state index contributed by atoms with van der Waals surface area (Å²) < 4.78 is 11.7. The maximum absolute atomic E-state index is 5.84. The minimum Gasteiger partial charge on any atom is -0.346 e. The summed E-state index contributed by atoms with van der Waals surface area (Å²) in [4.78, 5) is 0.195. The van der Waals surface area contributed by atoms with Crippen molar-refractivity contribution in [2.24, 2.45) is 5.41 Å². The number of rotatable bonds is 0. The lowest BCUT2D eigenvalue weighted by Crippen LogP contribution is -2.48. The fourth-order valence-corrected chi connectivity index (χ4v) is 3.38. The monoisotopic (exact) mass is 274 g/mol. The van der Waals surface area contributed by atoms with Crippen molar-refractivity contribution in [2.45, 2.75) is 44.7 Å². The van der Waals surface area contributed by atoms with Crippen molar-refractivity contribution in [3.8, 4) is 0 Å². The molecule has 2 rings (SSSR count). The summed E-state index contributed by atoms with van der Waals surface area (Å²) >= 11 is 3.72. The van der Waals surface area contributed by atoms with Gasteiger partial charge in [0.1, 0.15) is 0 Å². The Hall–Kier alpha value is 0.140. The molecule has 1 fully saturated rings. The highest BCUT2D eigenvalue weighted by molar-refractivity contribution is 9.09. The van der Waals surface area contributed by atoms with Crippen molar-refractivity contribution < 1.29 is 9.47 Å². The molecule has 0 amide bonds. The Morgan fingerprint density at radius 2 is 1.73 bits per heavy atom. The van der Waals surface area contributed by atoms with Gasteiger partial charge in [0.25, 0.3) is 0 Å². The zero-order valence-electron chi connectivity index (χ0n) is 9.89. The molecule has 1 unspecified atom stereocenters. The average Bonchev–Trinajstić information content (AvgIpc) is 2.61. The normalized spacial score (nSPS) is 33.8. The van der Waals surface area contributed by atoms with E-state index in [0.717, 1.165) is 6.42 Å². The summed E-state index contributed by atoms with van der Waals surface area (Å²) in [6, 6.07) is 0. The van der Waals surface area contributed by atoms with Gasteiger partial charge in [-0.1, -0.05) is 40.9 Å². The van der Waals surface area contributed by atoms with Crippen LogP contribution in [0.25, 0.3) is 0 Å². The van der Waals surface area contributed by atoms with Gasteiger partial charge in [0.05, 0.1) is 18.0 Å². The predicted molar refractivity (Wildman–Crippen MR) is 64.1 cm³/mol. The van der Waals surface area contributed by atoms with Gasteiger partial charge in [-0.3, -0.25) is 0 Å². The van der Waals surface area contributed by atoms with Gasteiger partial charge in [0, 0.05) is 6.42 Å². The van der Waals surface area contributed by atoms with E-state index >= 15 is 0 Å². The van der Waals surface area contributed by atoms with E-state index in [1.165, 1.54) is 11.1 Å². The summed E-state index contributed by atoms with van der Waals surface area (Å²) in [5.41, 5.74) is 2.97. The lowest BCUT2D eigenvalue weighted by molar-refractivity contribution is -0.173. The first-order valence-electron chi connectivity index (χ1n) is 5.49. The van der Waals surface area contributed by atoms with Crippen molar-refractivity contribution >= 4 is 15.9 Å². The lowest BCUT2D eigenvalue weighted by Gasteiger charge is -2.45. The van der Waals surface area contributed by atoms with E-state index < -0.39 is 5.79 Å². The van der Waals surface area contributed by atoms with Crippen LogP contribution in [0.2, 0.25) is 0 Å². The topological polar surface area (TPSA) is 18.5 Å². The Morgan fingerprint density at radius 1 is 1.20 bits per heavy atom. The van der Waals surface area contributed by atoms with Crippen LogP contribution in [0.15, 0.2) is 11.1 Å². The molecule has 1 aliphatic heterocycles. The Kier molecular flexibility index (Phi) is 2.77. The number of halogens is 1. The van der Waals surface area contributed by atoms with E-state index in [-0.39, 0.29) is 10.2 Å². The molecular weight excluding hydrogens is 256 g/mol. The number of ether oxygens (including phenoxy) is 2. The lowest BCUT2D eigenvalue weighted by atomic mass is 9.71. The van der Waals surface area contributed by atoms with Crippen LogP contribution in [-0.2, 0) is 9.47 Å². The van der Waals surface area contributed by atoms with E-state index in [0.29, 0.717) is 13.2 Å². The minimum absolute atomic E-state index is 0.165. The standard InChI is InChI=1S/C12H19BrO2/c1-8-9(2)11(3,4)7-12(10(8)13)14-5-6-15-12/h10H,5-7H2,1-4H3. The number of hydrogen-bond donors (Lipinski definition) is 0. The fraction of sp³-hybridized carbons (Fsp3) is 0.833. The first-order valence-corrected chi connectivity index (χ1v) is 6.40. The van der Waals surface area contributed by atoms with Crippen molar-refractivity contribution in [2.75, 3.05) is 13.2 Å². The Labute approximate surface area is 100 Å². The molecule has 0 aromatic carbocycles. The molecule has 1 saturated heterocycles. The molecule has 2 aliphatic rings. The molecule has 3 heteroatoms. The zero-order valence-corrected chi connectivity index (χ0v) is 11.5. The van der Waals surface area contributed by atoms with Gasteiger partial charge in [-0.15, -0.1) is 0 Å². The van der Waals surface area contributed by atoms with Gasteiger partial charge in [-0.2, -0.15) is 0 Å². The Balaban J connectivity index is 2.41. The van der Waals surface area contributed by atoms with E-state index in [1.54, 1.807) is 0 Å². The molecule has 0 aromatic heterocycles. The Morgan fingerprint density at radius 3 is 2.27 bits per heavy atom. The molecule has 86 valence electrons. The van der Waals surface area contributed by atoms with Crippen LogP contribution in [-0.4, -0.2) is 23.8 Å². The summed E-state index contributed by atoms with van der Waals surface area (Å²) in [6.07, 6.45) is 0.930. The van der Waals surface area contributed by atoms with Crippen molar-refractivity contribution in [3.63, 3.8) is 0 Å². The number of allylic oxidation sites excluding steroid dienone is 1. The fourth-order valence-electron chi connectivity index (χ4n) is 2.61. The second-order valence-corrected chi connectivity index (χ2v) is 6.16. The van der Waals surface area contributed by atoms with E-state index in [2.05, 4.69) is 43.6 Å². The molecule has 0 N–H and O–H groups in total. The van der Waals surface area contributed by atoms with Crippen LogP contribution in [0.4, 0.5) is 0 Å². The summed E-state index contributed by atoms with van der Waals surface area (Å²) in [7, 11) is 0. The second-order valence-electron chi connectivity index (χ2n) is 5.24. The third kappa shape index (κ3) is 1.69. The number of alkyl halides is 1. The molecule has 1 spiro atoms. The van der Waals surface area contributed by atoms with Gasteiger partial charge < -0.3 is 9.47 Å². The zero-order chi connectivity index (χ0) is 11.3. The van der Waals surface area contributed by atoms with Crippen molar-refractivity contribution in [1.82, 2.24) is 0 Å². The summed E-state index contributed by atoms with van der Waals surface area (Å²) in [5.74, 6) is -0.424. The first-order chi connectivity index (χ1) is 6.89. The molecule has 0 aromatic rings.